The van der Waals surface area contributed by atoms with E-state index in [9.17, 15) is 9.59 Å². The molecular weight excluding hydrogens is 246 g/mol. The molecule has 2 rings (SSSR count). The minimum atomic E-state index is -1.19. The van der Waals surface area contributed by atoms with Crippen LogP contribution in [0.2, 0.25) is 0 Å². The van der Waals surface area contributed by atoms with Gasteiger partial charge in [-0.1, -0.05) is 17.3 Å². The largest absolute Gasteiger partial charge is 0.468 e. The summed E-state index contributed by atoms with van der Waals surface area (Å²) < 4.78 is 6.13. The quantitative estimate of drug-likeness (QED) is 0.610. The lowest BCUT2D eigenvalue weighted by molar-refractivity contribution is -0.155. The number of Topliss-reactive ketones (excluding diaryl/α,β-unsaturated/α-hetero) is 1. The summed E-state index contributed by atoms with van der Waals surface area (Å²) in [6, 6.07) is 7.34. The highest BCUT2D eigenvalue weighted by Crippen LogP contribution is 2.20. The number of hydrogen-bond acceptors (Lipinski definition) is 5. The number of carbonyl (C=O) groups is 2. The van der Waals surface area contributed by atoms with Crippen molar-refractivity contribution in [2.75, 3.05) is 7.11 Å². The number of carbonyl (C=O) groups excluding carboxylic acids is 2. The Morgan fingerprint density at radius 3 is 2.68 bits per heavy atom. The van der Waals surface area contributed by atoms with Crippen molar-refractivity contribution < 1.29 is 14.3 Å². The first-order valence-electron chi connectivity index (χ1n) is 5.86. The highest BCUT2D eigenvalue weighted by Gasteiger charge is 2.37. The molecule has 0 unspecified atom stereocenters. The molecule has 100 valence electrons. The highest BCUT2D eigenvalue weighted by atomic mass is 16.5. The first kappa shape index (κ1) is 13.2. The number of hydrogen-bond donors (Lipinski definition) is 0. The van der Waals surface area contributed by atoms with Crippen LogP contribution >= 0.6 is 0 Å². The van der Waals surface area contributed by atoms with Gasteiger partial charge in [0.05, 0.1) is 12.6 Å². The van der Waals surface area contributed by atoms with Crippen LogP contribution in [0.25, 0.3) is 11.0 Å². The van der Waals surface area contributed by atoms with Gasteiger partial charge in [0.2, 0.25) is 0 Å². The summed E-state index contributed by atoms with van der Waals surface area (Å²) in [4.78, 5) is 23.8. The molecule has 0 radical (unpaired) electrons. The third kappa shape index (κ3) is 2.33. The fourth-order valence-corrected chi connectivity index (χ4v) is 1.74. The molecule has 0 saturated heterocycles. The second-order valence-electron chi connectivity index (χ2n) is 4.78. The summed E-state index contributed by atoms with van der Waals surface area (Å²) in [7, 11) is 1.27. The Balaban J connectivity index is 2.26. The van der Waals surface area contributed by atoms with Crippen molar-refractivity contribution in [3.05, 3.63) is 24.3 Å². The van der Waals surface area contributed by atoms with Crippen LogP contribution in [0.5, 0.6) is 0 Å². The molecule has 0 bridgehead atoms. The maximum Gasteiger partial charge on any atom is 0.318 e. The van der Waals surface area contributed by atoms with E-state index in [0.29, 0.717) is 5.52 Å². The zero-order chi connectivity index (χ0) is 14.0. The van der Waals surface area contributed by atoms with E-state index in [0.717, 1.165) is 5.52 Å². The first-order valence-corrected chi connectivity index (χ1v) is 5.86. The van der Waals surface area contributed by atoms with Gasteiger partial charge in [0.1, 0.15) is 17.5 Å². The van der Waals surface area contributed by atoms with Crippen LogP contribution in [-0.2, 0) is 20.9 Å². The van der Waals surface area contributed by atoms with Gasteiger partial charge in [-0.2, -0.15) is 0 Å². The smallest absolute Gasteiger partial charge is 0.318 e. The highest BCUT2D eigenvalue weighted by molar-refractivity contribution is 6.03. The molecule has 1 aromatic carbocycles. The second kappa shape index (κ2) is 4.79. The molecule has 19 heavy (non-hydrogen) atoms. The van der Waals surface area contributed by atoms with E-state index in [-0.39, 0.29) is 12.3 Å². The van der Waals surface area contributed by atoms with Gasteiger partial charge < -0.3 is 4.74 Å². The minimum Gasteiger partial charge on any atom is -0.468 e. The lowest BCUT2D eigenvalue weighted by Crippen LogP contribution is -2.37. The number of ketones is 1. The van der Waals surface area contributed by atoms with Gasteiger partial charge in [-0.15, -0.1) is 5.10 Å². The maximum absolute atomic E-state index is 12.2. The van der Waals surface area contributed by atoms with Crippen LogP contribution in [0.15, 0.2) is 24.3 Å². The average Bonchev–Trinajstić information content (AvgIpc) is 2.81. The monoisotopic (exact) mass is 261 g/mol. The number of rotatable bonds is 4. The number of methoxy groups -OCH3 is 1. The molecule has 0 aliphatic heterocycles. The fraction of sp³-hybridized carbons (Fsp3) is 0.385. The molecule has 0 spiro atoms. The Morgan fingerprint density at radius 2 is 2.00 bits per heavy atom. The van der Waals surface area contributed by atoms with E-state index in [1.165, 1.54) is 11.8 Å². The molecule has 0 aliphatic rings. The van der Waals surface area contributed by atoms with Crippen LogP contribution in [-0.4, -0.2) is 33.9 Å². The summed E-state index contributed by atoms with van der Waals surface area (Å²) in [6.45, 7) is 3.07. The Morgan fingerprint density at radius 1 is 1.32 bits per heavy atom. The van der Waals surface area contributed by atoms with Gasteiger partial charge in [0.25, 0.3) is 0 Å². The SMILES string of the molecule is COC(=O)C(C)(C)C(=O)Cn1nnc2ccccc21. The number of nitrogens with zero attached hydrogens (tertiary/aromatic N) is 3. The molecule has 6 heteroatoms. The molecule has 1 aromatic heterocycles. The number of ether oxygens (including phenoxy) is 1. The molecule has 0 atom stereocenters. The average molecular weight is 261 g/mol. The van der Waals surface area contributed by atoms with Gasteiger partial charge in [-0.25, -0.2) is 4.68 Å². The van der Waals surface area contributed by atoms with Gasteiger partial charge in [-0.05, 0) is 26.0 Å². The molecule has 0 amide bonds. The maximum atomic E-state index is 12.2. The predicted molar refractivity (Wildman–Crippen MR) is 68.3 cm³/mol. The van der Waals surface area contributed by atoms with E-state index in [1.807, 2.05) is 24.3 Å². The molecule has 0 N–H and O–H groups in total. The molecule has 0 fully saturated rings. The summed E-state index contributed by atoms with van der Waals surface area (Å²) in [5, 5.41) is 7.89. The lowest BCUT2D eigenvalue weighted by Gasteiger charge is -2.19. The van der Waals surface area contributed by atoms with Crippen LogP contribution in [0.3, 0.4) is 0 Å². The topological polar surface area (TPSA) is 74.1 Å². The molecule has 6 nitrogen and oxygen atoms in total. The van der Waals surface area contributed by atoms with Crippen molar-refractivity contribution in [2.24, 2.45) is 5.41 Å². The number of benzene rings is 1. The van der Waals surface area contributed by atoms with Crippen molar-refractivity contribution in [1.82, 2.24) is 15.0 Å². The van der Waals surface area contributed by atoms with Crippen LogP contribution in [0, 0.1) is 5.41 Å². The Labute approximate surface area is 110 Å². The molecule has 1 heterocycles. The standard InChI is InChI=1S/C13H15N3O3/c1-13(2,12(18)19-3)11(17)8-16-10-7-5-4-6-9(10)14-15-16/h4-7H,8H2,1-3H3. The zero-order valence-corrected chi connectivity index (χ0v) is 11.1. The Hall–Kier alpha value is -2.24. The lowest BCUT2D eigenvalue weighted by atomic mass is 9.88. The number of aromatic nitrogens is 3. The summed E-state index contributed by atoms with van der Waals surface area (Å²) in [5.74, 6) is -0.822. The Kier molecular flexibility index (Phi) is 3.33. The van der Waals surface area contributed by atoms with E-state index >= 15 is 0 Å². The third-order valence-electron chi connectivity index (χ3n) is 3.11. The van der Waals surface area contributed by atoms with Gasteiger partial charge in [-0.3, -0.25) is 9.59 Å². The van der Waals surface area contributed by atoms with Gasteiger partial charge >= 0.3 is 5.97 Å². The van der Waals surface area contributed by atoms with Crippen molar-refractivity contribution >= 4 is 22.8 Å². The molecule has 0 saturated carbocycles. The predicted octanol–water partition coefficient (Wildman–Crippen LogP) is 1.20. The molecule has 2 aromatic rings. The van der Waals surface area contributed by atoms with Gasteiger partial charge in [0.15, 0.2) is 5.78 Å². The second-order valence-corrected chi connectivity index (χ2v) is 4.78. The first-order chi connectivity index (χ1) is 8.96. The zero-order valence-electron chi connectivity index (χ0n) is 11.1. The van der Waals surface area contributed by atoms with Crippen LogP contribution < -0.4 is 0 Å². The van der Waals surface area contributed by atoms with E-state index in [1.54, 1.807) is 13.8 Å². The van der Waals surface area contributed by atoms with Crippen LogP contribution in [0.1, 0.15) is 13.8 Å². The van der Waals surface area contributed by atoms with Crippen molar-refractivity contribution in [3.8, 4) is 0 Å². The van der Waals surface area contributed by atoms with E-state index in [2.05, 4.69) is 15.0 Å². The van der Waals surface area contributed by atoms with Crippen LogP contribution in [0.4, 0.5) is 0 Å². The van der Waals surface area contributed by atoms with E-state index < -0.39 is 11.4 Å². The van der Waals surface area contributed by atoms with Crippen molar-refractivity contribution in [3.63, 3.8) is 0 Å². The number of para-hydroxylation sites is 1. The minimum absolute atomic E-state index is 0.0113. The summed E-state index contributed by atoms with van der Waals surface area (Å²) in [6.07, 6.45) is 0. The summed E-state index contributed by atoms with van der Waals surface area (Å²) >= 11 is 0. The van der Waals surface area contributed by atoms with Crippen molar-refractivity contribution in [2.45, 2.75) is 20.4 Å². The number of fused-ring (bicyclic) bond motifs is 1. The number of esters is 1. The Bertz CT molecular complexity index is 631. The third-order valence-corrected chi connectivity index (χ3v) is 3.11. The van der Waals surface area contributed by atoms with Crippen molar-refractivity contribution in [1.29, 1.82) is 0 Å². The van der Waals surface area contributed by atoms with Gasteiger partial charge in [0, 0.05) is 0 Å². The summed E-state index contributed by atoms with van der Waals surface area (Å²) in [5.41, 5.74) is 0.282. The van der Waals surface area contributed by atoms with E-state index in [4.69, 9.17) is 0 Å². The fourth-order valence-electron chi connectivity index (χ4n) is 1.74. The molecule has 0 aliphatic carbocycles. The normalized spacial score (nSPS) is 11.5. The molecular formula is C13H15N3O3.